The number of hydrogen-bond acceptors (Lipinski definition) is 3. The summed E-state index contributed by atoms with van der Waals surface area (Å²) in [5.41, 5.74) is 1.31. The van der Waals surface area contributed by atoms with Crippen molar-refractivity contribution < 1.29 is 4.84 Å². The van der Waals surface area contributed by atoms with Gasteiger partial charge in [0.1, 0.15) is 6.10 Å². The van der Waals surface area contributed by atoms with Gasteiger partial charge in [-0.25, -0.2) is 0 Å². The lowest BCUT2D eigenvalue weighted by molar-refractivity contribution is -0.293. The largest absolute Gasteiger partial charge is 0.289 e. The normalized spacial score (nSPS) is 23.6. The molecule has 1 aliphatic rings. The van der Waals surface area contributed by atoms with Crippen LogP contribution in [0.15, 0.2) is 36.5 Å². The van der Waals surface area contributed by atoms with Crippen LogP contribution in [0, 0.1) is 0 Å². The molecule has 1 saturated heterocycles. The van der Waals surface area contributed by atoms with Crippen molar-refractivity contribution >= 4 is 11.8 Å². The van der Waals surface area contributed by atoms with Crippen LogP contribution < -0.4 is 0 Å². The Hall–Kier alpha value is -0.510. The van der Waals surface area contributed by atoms with E-state index in [0.717, 1.165) is 5.75 Å². The Morgan fingerprint density at radius 1 is 1.27 bits per heavy atom. The minimum Gasteiger partial charge on any atom is -0.289 e. The lowest BCUT2D eigenvalue weighted by Gasteiger charge is -2.52. The Bertz CT molecular complexity index is 407. The minimum absolute atomic E-state index is 0.0563. The Morgan fingerprint density at radius 2 is 1.86 bits per heavy atom. The second kappa shape index (κ2) is 8.37. The first kappa shape index (κ1) is 19.5. The number of hydrogen-bond donors (Lipinski definition) is 0. The van der Waals surface area contributed by atoms with Gasteiger partial charge in [-0.2, -0.15) is 16.8 Å². The van der Waals surface area contributed by atoms with Crippen LogP contribution in [0.4, 0.5) is 0 Å². The molecule has 3 heteroatoms. The van der Waals surface area contributed by atoms with Crippen molar-refractivity contribution in [2.24, 2.45) is 0 Å². The predicted molar refractivity (Wildman–Crippen MR) is 100 cm³/mol. The Balaban J connectivity index is 3.06. The molecule has 1 unspecified atom stereocenters. The van der Waals surface area contributed by atoms with Crippen LogP contribution in [0.3, 0.4) is 0 Å². The van der Waals surface area contributed by atoms with E-state index in [4.69, 9.17) is 4.84 Å². The highest BCUT2D eigenvalue weighted by Crippen LogP contribution is 2.39. The zero-order chi connectivity index (χ0) is 16.8. The van der Waals surface area contributed by atoms with Crippen molar-refractivity contribution in [2.75, 3.05) is 12.0 Å². The molecule has 0 saturated carbocycles. The quantitative estimate of drug-likeness (QED) is 0.584. The molecular formula is C19H33NOS. The number of allylic oxidation sites excluding steroid dienone is 3. The van der Waals surface area contributed by atoms with Gasteiger partial charge in [0, 0.05) is 16.8 Å². The molecule has 2 nitrogen and oxygen atoms in total. The van der Waals surface area contributed by atoms with Crippen molar-refractivity contribution in [3.63, 3.8) is 0 Å². The number of piperidine rings is 1. The van der Waals surface area contributed by atoms with Gasteiger partial charge in [-0.15, -0.1) is 0 Å². The molecule has 0 aromatic heterocycles. The third-order valence-corrected chi connectivity index (χ3v) is 4.90. The predicted octanol–water partition coefficient (Wildman–Crippen LogP) is 5.38. The van der Waals surface area contributed by atoms with Gasteiger partial charge < -0.3 is 0 Å². The fraction of sp³-hybridized carbons (Fsp3) is 0.684. The van der Waals surface area contributed by atoms with E-state index < -0.39 is 0 Å². The first-order chi connectivity index (χ1) is 10.3. The molecule has 0 aliphatic carbocycles. The van der Waals surface area contributed by atoms with Crippen LogP contribution in [0.5, 0.6) is 0 Å². The highest BCUT2D eigenvalue weighted by Gasteiger charge is 2.43. The summed E-state index contributed by atoms with van der Waals surface area (Å²) in [6, 6.07) is 0. The average molecular weight is 324 g/mol. The Kier molecular flexibility index (Phi) is 7.43. The Labute approximate surface area is 141 Å². The lowest BCUT2D eigenvalue weighted by atomic mass is 9.82. The molecule has 126 valence electrons. The number of rotatable bonds is 7. The molecule has 0 aromatic rings. The summed E-state index contributed by atoms with van der Waals surface area (Å²) < 4.78 is 0. The van der Waals surface area contributed by atoms with E-state index in [9.17, 15) is 0 Å². The van der Waals surface area contributed by atoms with E-state index in [-0.39, 0.29) is 17.2 Å². The van der Waals surface area contributed by atoms with Gasteiger partial charge in [0.2, 0.25) is 0 Å². The first-order valence-corrected chi connectivity index (χ1v) is 9.59. The van der Waals surface area contributed by atoms with Crippen LogP contribution in [0.25, 0.3) is 0 Å². The molecule has 0 N–H and O–H groups in total. The fourth-order valence-electron chi connectivity index (χ4n) is 3.33. The lowest BCUT2D eigenvalue weighted by Crippen LogP contribution is -2.59. The average Bonchev–Trinajstić information content (AvgIpc) is 2.41. The molecule has 1 heterocycles. The molecule has 0 bridgehead atoms. The molecule has 0 spiro atoms. The molecule has 1 fully saturated rings. The molecular weight excluding hydrogens is 290 g/mol. The van der Waals surface area contributed by atoms with Crippen LogP contribution in [-0.4, -0.2) is 34.3 Å². The van der Waals surface area contributed by atoms with Crippen molar-refractivity contribution in [1.82, 2.24) is 5.06 Å². The van der Waals surface area contributed by atoms with Crippen molar-refractivity contribution in [1.29, 1.82) is 0 Å². The maximum atomic E-state index is 6.57. The summed E-state index contributed by atoms with van der Waals surface area (Å²) in [6.07, 6.45) is 13.9. The summed E-state index contributed by atoms with van der Waals surface area (Å²) in [7, 11) is 0. The van der Waals surface area contributed by atoms with Gasteiger partial charge in [-0.3, -0.25) is 4.84 Å². The van der Waals surface area contributed by atoms with E-state index in [1.165, 1.54) is 24.8 Å². The van der Waals surface area contributed by atoms with Gasteiger partial charge in [-0.1, -0.05) is 30.9 Å². The second-order valence-corrected chi connectivity index (χ2v) is 8.14. The standard InChI is InChI=1S/C19H33NOS/c1-8-11-16(12-9-2)17(15-22-7)21-20-18(3,4)13-10-14-19(20,5)6/h8-9,11-12,17H,1,10,13-15H2,2-7H3/b12-9-,16-11+. The van der Waals surface area contributed by atoms with Crippen molar-refractivity contribution in [2.45, 2.75) is 71.1 Å². The van der Waals surface area contributed by atoms with Gasteiger partial charge in [0.25, 0.3) is 0 Å². The van der Waals surface area contributed by atoms with Crippen LogP contribution in [0.2, 0.25) is 0 Å². The third-order valence-electron chi connectivity index (χ3n) is 4.27. The van der Waals surface area contributed by atoms with Gasteiger partial charge in [0.15, 0.2) is 0 Å². The monoisotopic (exact) mass is 323 g/mol. The minimum atomic E-state index is 0.0563. The summed E-state index contributed by atoms with van der Waals surface area (Å²) in [4.78, 5) is 6.57. The van der Waals surface area contributed by atoms with Crippen LogP contribution >= 0.6 is 11.8 Å². The fourth-order valence-corrected chi connectivity index (χ4v) is 3.88. The van der Waals surface area contributed by atoms with E-state index >= 15 is 0 Å². The van der Waals surface area contributed by atoms with Gasteiger partial charge in [0.05, 0.1) is 0 Å². The maximum Gasteiger partial charge on any atom is 0.113 e. The van der Waals surface area contributed by atoms with E-state index in [2.05, 4.69) is 63.8 Å². The maximum absolute atomic E-state index is 6.57. The third kappa shape index (κ3) is 5.00. The van der Waals surface area contributed by atoms with Crippen molar-refractivity contribution in [3.05, 3.63) is 36.5 Å². The van der Waals surface area contributed by atoms with Crippen molar-refractivity contribution in [3.8, 4) is 0 Å². The number of nitrogens with zero attached hydrogens (tertiary/aromatic N) is 1. The van der Waals surface area contributed by atoms with Crippen LogP contribution in [0.1, 0.15) is 53.9 Å². The SMILES string of the molecule is C=C/C=C(\C=C/C)C(CSC)ON1C(C)(C)CCCC1(C)C. The molecule has 0 amide bonds. The summed E-state index contributed by atoms with van der Waals surface area (Å²) in [6.45, 7) is 15.0. The topological polar surface area (TPSA) is 12.5 Å². The summed E-state index contributed by atoms with van der Waals surface area (Å²) in [5.74, 6) is 0.937. The highest BCUT2D eigenvalue weighted by atomic mass is 32.2. The van der Waals surface area contributed by atoms with E-state index in [1.54, 1.807) is 0 Å². The molecule has 1 atom stereocenters. The summed E-state index contributed by atoms with van der Waals surface area (Å²) in [5, 5.41) is 2.25. The summed E-state index contributed by atoms with van der Waals surface area (Å²) >= 11 is 1.82. The van der Waals surface area contributed by atoms with E-state index in [1.807, 2.05) is 24.8 Å². The molecule has 1 aliphatic heterocycles. The van der Waals surface area contributed by atoms with Crippen LogP contribution in [-0.2, 0) is 4.84 Å². The number of thioether (sulfide) groups is 1. The molecule has 0 radical (unpaired) electrons. The molecule has 1 rings (SSSR count). The second-order valence-electron chi connectivity index (χ2n) is 7.22. The highest BCUT2D eigenvalue weighted by molar-refractivity contribution is 7.98. The molecule has 0 aromatic carbocycles. The first-order valence-electron chi connectivity index (χ1n) is 8.20. The zero-order valence-corrected chi connectivity index (χ0v) is 16.0. The molecule has 22 heavy (non-hydrogen) atoms. The van der Waals surface area contributed by atoms with E-state index in [0.29, 0.717) is 0 Å². The Morgan fingerprint density at radius 3 is 2.32 bits per heavy atom. The van der Waals surface area contributed by atoms with Gasteiger partial charge >= 0.3 is 0 Å². The zero-order valence-electron chi connectivity index (χ0n) is 15.2. The number of hydroxylamine groups is 2. The smallest absolute Gasteiger partial charge is 0.113 e. The van der Waals surface area contributed by atoms with Gasteiger partial charge in [-0.05, 0) is 65.7 Å².